The summed E-state index contributed by atoms with van der Waals surface area (Å²) in [6.07, 6.45) is 1.73. The lowest BCUT2D eigenvalue weighted by molar-refractivity contribution is 0.303. The van der Waals surface area contributed by atoms with E-state index in [-0.39, 0.29) is 12.4 Å². The average Bonchev–Trinajstić information content (AvgIpc) is 2.46. The van der Waals surface area contributed by atoms with Gasteiger partial charge in [0.2, 0.25) is 0 Å². The van der Waals surface area contributed by atoms with Gasteiger partial charge in [0, 0.05) is 22.8 Å². The molecule has 0 radical (unpaired) electrons. The lowest BCUT2D eigenvalue weighted by atomic mass is 10.2. The van der Waals surface area contributed by atoms with E-state index in [1.165, 1.54) is 6.07 Å². The van der Waals surface area contributed by atoms with E-state index in [9.17, 15) is 4.39 Å². The maximum absolute atomic E-state index is 13.7. The third kappa shape index (κ3) is 2.40. The second-order valence-corrected chi connectivity index (χ2v) is 4.47. The van der Waals surface area contributed by atoms with Crippen LogP contribution < -0.4 is 10.5 Å². The van der Waals surface area contributed by atoms with Crippen LogP contribution in [0.2, 0.25) is 0 Å². The van der Waals surface area contributed by atoms with Gasteiger partial charge in [0.25, 0.3) is 0 Å². The van der Waals surface area contributed by atoms with Crippen LogP contribution in [-0.2, 0) is 6.61 Å². The molecule has 3 nitrogen and oxygen atoms in total. The third-order valence-electron chi connectivity index (χ3n) is 3.07. The zero-order valence-electron chi connectivity index (χ0n) is 10.7. The van der Waals surface area contributed by atoms with E-state index in [1.54, 1.807) is 18.3 Å². The number of ether oxygens (including phenoxy) is 1. The first-order valence-electron chi connectivity index (χ1n) is 6.24. The molecule has 3 aromatic rings. The van der Waals surface area contributed by atoms with Crippen molar-refractivity contribution in [1.29, 1.82) is 0 Å². The summed E-state index contributed by atoms with van der Waals surface area (Å²) >= 11 is 0. The van der Waals surface area contributed by atoms with Crippen LogP contribution in [-0.4, -0.2) is 4.98 Å². The van der Waals surface area contributed by atoms with Crippen LogP contribution in [0, 0.1) is 5.82 Å². The molecular formula is C16H13FN2O. The Morgan fingerprint density at radius 2 is 2.00 bits per heavy atom. The number of nitrogens with zero attached hydrogens (tertiary/aromatic N) is 1. The monoisotopic (exact) mass is 268 g/mol. The van der Waals surface area contributed by atoms with Crippen molar-refractivity contribution in [2.75, 3.05) is 5.73 Å². The molecule has 0 atom stereocenters. The molecule has 1 heterocycles. The maximum atomic E-state index is 13.7. The number of nitrogens with two attached hydrogens (primary N) is 1. The topological polar surface area (TPSA) is 48.1 Å². The minimum atomic E-state index is -0.358. The second kappa shape index (κ2) is 5.17. The highest BCUT2D eigenvalue weighted by atomic mass is 19.1. The molecule has 0 saturated heterocycles. The number of hydrogen-bond donors (Lipinski definition) is 1. The third-order valence-corrected chi connectivity index (χ3v) is 3.07. The van der Waals surface area contributed by atoms with Crippen molar-refractivity contribution in [3.8, 4) is 5.75 Å². The molecule has 0 amide bonds. The van der Waals surface area contributed by atoms with Crippen molar-refractivity contribution >= 4 is 16.6 Å². The van der Waals surface area contributed by atoms with E-state index in [2.05, 4.69) is 4.98 Å². The molecule has 0 saturated carbocycles. The van der Waals surface area contributed by atoms with Gasteiger partial charge < -0.3 is 10.5 Å². The summed E-state index contributed by atoms with van der Waals surface area (Å²) < 4.78 is 19.4. The van der Waals surface area contributed by atoms with Gasteiger partial charge in [-0.1, -0.05) is 12.1 Å². The zero-order chi connectivity index (χ0) is 13.9. The van der Waals surface area contributed by atoms with Gasteiger partial charge in [-0.15, -0.1) is 0 Å². The molecule has 0 fully saturated rings. The van der Waals surface area contributed by atoms with Crippen LogP contribution in [0.5, 0.6) is 5.75 Å². The minimum Gasteiger partial charge on any atom is -0.488 e. The van der Waals surface area contributed by atoms with Crippen LogP contribution in [0.4, 0.5) is 10.1 Å². The number of pyridine rings is 1. The highest BCUT2D eigenvalue weighted by Crippen LogP contribution is 2.25. The van der Waals surface area contributed by atoms with Gasteiger partial charge in [0.15, 0.2) is 0 Å². The molecule has 0 bridgehead atoms. The van der Waals surface area contributed by atoms with Gasteiger partial charge in [0.05, 0.1) is 5.52 Å². The number of fused-ring (bicyclic) bond motifs is 1. The van der Waals surface area contributed by atoms with Crippen molar-refractivity contribution in [2.45, 2.75) is 6.61 Å². The van der Waals surface area contributed by atoms with E-state index in [0.717, 1.165) is 10.9 Å². The molecule has 0 spiro atoms. The van der Waals surface area contributed by atoms with Crippen LogP contribution in [0.15, 0.2) is 54.7 Å². The van der Waals surface area contributed by atoms with E-state index >= 15 is 0 Å². The first-order valence-corrected chi connectivity index (χ1v) is 6.24. The number of benzene rings is 2. The van der Waals surface area contributed by atoms with Crippen molar-refractivity contribution in [2.24, 2.45) is 0 Å². The first-order chi connectivity index (χ1) is 9.74. The highest BCUT2D eigenvalue weighted by Gasteiger charge is 2.06. The first kappa shape index (κ1) is 12.4. The molecule has 100 valence electrons. The summed E-state index contributed by atoms with van der Waals surface area (Å²) in [5, 5.41) is 0.908. The van der Waals surface area contributed by atoms with Gasteiger partial charge in [0.1, 0.15) is 18.2 Å². The van der Waals surface area contributed by atoms with Crippen LogP contribution in [0.25, 0.3) is 10.9 Å². The minimum absolute atomic E-state index is 0.153. The Kier molecular flexibility index (Phi) is 3.21. The molecule has 2 N–H and O–H groups in total. The Bertz CT molecular complexity index is 753. The Morgan fingerprint density at radius 3 is 2.85 bits per heavy atom. The predicted molar refractivity (Wildman–Crippen MR) is 76.9 cm³/mol. The molecule has 2 aromatic carbocycles. The Morgan fingerprint density at radius 1 is 1.10 bits per heavy atom. The van der Waals surface area contributed by atoms with Crippen LogP contribution in [0.3, 0.4) is 0 Å². The number of rotatable bonds is 3. The smallest absolute Gasteiger partial charge is 0.131 e. The van der Waals surface area contributed by atoms with Gasteiger partial charge in [-0.25, -0.2) is 4.39 Å². The summed E-state index contributed by atoms with van der Waals surface area (Å²) in [6, 6.07) is 14.0. The summed E-state index contributed by atoms with van der Waals surface area (Å²) in [4.78, 5) is 4.26. The summed E-state index contributed by atoms with van der Waals surface area (Å²) in [5.41, 5.74) is 7.25. The van der Waals surface area contributed by atoms with Gasteiger partial charge in [-0.05, 0) is 36.4 Å². The van der Waals surface area contributed by atoms with Gasteiger partial charge >= 0.3 is 0 Å². The second-order valence-electron chi connectivity index (χ2n) is 4.47. The number of nitrogen functional groups attached to an aromatic ring is 1. The highest BCUT2D eigenvalue weighted by molar-refractivity contribution is 5.84. The van der Waals surface area contributed by atoms with E-state index in [1.807, 2.05) is 30.3 Å². The van der Waals surface area contributed by atoms with Crippen LogP contribution >= 0.6 is 0 Å². The van der Waals surface area contributed by atoms with Crippen molar-refractivity contribution < 1.29 is 9.13 Å². The lowest BCUT2D eigenvalue weighted by Crippen LogP contribution is -2.00. The van der Waals surface area contributed by atoms with E-state index in [4.69, 9.17) is 10.5 Å². The normalized spacial score (nSPS) is 10.7. The zero-order valence-corrected chi connectivity index (χ0v) is 10.7. The SMILES string of the molecule is Nc1ccc(COc2cccc3ncccc23)c(F)c1. The molecule has 0 aliphatic rings. The van der Waals surface area contributed by atoms with Crippen LogP contribution in [0.1, 0.15) is 5.56 Å². The molecule has 3 rings (SSSR count). The quantitative estimate of drug-likeness (QED) is 0.739. The summed E-state index contributed by atoms with van der Waals surface area (Å²) in [5.74, 6) is 0.329. The molecule has 4 heteroatoms. The van der Waals surface area contributed by atoms with E-state index < -0.39 is 0 Å². The molecular weight excluding hydrogens is 255 g/mol. The Labute approximate surface area is 115 Å². The Balaban J connectivity index is 1.87. The summed E-state index contributed by atoms with van der Waals surface area (Å²) in [7, 11) is 0. The van der Waals surface area contributed by atoms with Gasteiger partial charge in [-0.3, -0.25) is 4.98 Å². The van der Waals surface area contributed by atoms with Crippen molar-refractivity contribution in [1.82, 2.24) is 4.98 Å². The van der Waals surface area contributed by atoms with Crippen molar-refractivity contribution in [3.63, 3.8) is 0 Å². The van der Waals surface area contributed by atoms with Crippen molar-refractivity contribution in [3.05, 3.63) is 66.1 Å². The fourth-order valence-electron chi connectivity index (χ4n) is 2.04. The molecule has 0 aliphatic carbocycles. The lowest BCUT2D eigenvalue weighted by Gasteiger charge is -2.10. The standard InChI is InChI=1S/C16H13FN2O/c17-14-9-12(18)7-6-11(14)10-20-16-5-1-4-15-13(16)3-2-8-19-15/h1-9H,10,18H2. The Hall–Kier alpha value is -2.62. The summed E-state index contributed by atoms with van der Waals surface area (Å²) in [6.45, 7) is 0.153. The number of aromatic nitrogens is 1. The average molecular weight is 268 g/mol. The number of anilines is 1. The number of hydrogen-bond acceptors (Lipinski definition) is 3. The van der Waals surface area contributed by atoms with Gasteiger partial charge in [-0.2, -0.15) is 0 Å². The fraction of sp³-hybridized carbons (Fsp3) is 0.0625. The molecule has 0 aliphatic heterocycles. The number of halogens is 1. The molecule has 1 aromatic heterocycles. The van der Waals surface area contributed by atoms with E-state index in [0.29, 0.717) is 17.0 Å². The maximum Gasteiger partial charge on any atom is 0.131 e. The predicted octanol–water partition coefficient (Wildman–Crippen LogP) is 3.54. The molecule has 20 heavy (non-hydrogen) atoms. The molecule has 0 unspecified atom stereocenters. The largest absolute Gasteiger partial charge is 0.488 e. The fourth-order valence-corrected chi connectivity index (χ4v) is 2.04.